The highest BCUT2D eigenvalue weighted by molar-refractivity contribution is 6.42. The van der Waals surface area contributed by atoms with Crippen molar-refractivity contribution in [3.8, 4) is 0 Å². The summed E-state index contributed by atoms with van der Waals surface area (Å²) in [5.74, 6) is 0.450. The second kappa shape index (κ2) is 5.02. The molecule has 0 saturated carbocycles. The fourth-order valence-electron chi connectivity index (χ4n) is 2.04. The lowest BCUT2D eigenvalue weighted by Crippen LogP contribution is -2.20. The maximum atomic E-state index is 6.19. The second-order valence-corrected chi connectivity index (χ2v) is 6.23. The van der Waals surface area contributed by atoms with Crippen LogP contribution in [0.2, 0.25) is 10.0 Å². The van der Waals surface area contributed by atoms with Crippen molar-refractivity contribution >= 4 is 29.0 Å². The number of nitrogen functional groups attached to an aromatic ring is 1. The normalized spacial score (nSPS) is 11.8. The molecule has 0 atom stereocenters. The van der Waals surface area contributed by atoms with Crippen molar-refractivity contribution in [3.63, 3.8) is 0 Å². The lowest BCUT2D eigenvalue weighted by atomic mass is 9.92. The van der Waals surface area contributed by atoms with Gasteiger partial charge in [0.15, 0.2) is 5.82 Å². The first-order valence-electron chi connectivity index (χ1n) is 5.93. The Morgan fingerprint density at radius 2 is 1.95 bits per heavy atom. The Kier molecular flexibility index (Phi) is 3.74. The highest BCUT2D eigenvalue weighted by atomic mass is 35.5. The lowest BCUT2D eigenvalue weighted by Gasteiger charge is -2.20. The van der Waals surface area contributed by atoms with Gasteiger partial charge in [-0.25, -0.2) is 4.68 Å². The van der Waals surface area contributed by atoms with E-state index in [1.165, 1.54) is 0 Å². The number of benzene rings is 1. The summed E-state index contributed by atoms with van der Waals surface area (Å²) in [4.78, 5) is 0. The minimum Gasteiger partial charge on any atom is -0.381 e. The van der Waals surface area contributed by atoms with E-state index >= 15 is 0 Å². The molecule has 4 nitrogen and oxygen atoms in total. The van der Waals surface area contributed by atoms with Gasteiger partial charge in [0.05, 0.1) is 22.3 Å². The van der Waals surface area contributed by atoms with Gasteiger partial charge < -0.3 is 5.73 Å². The van der Waals surface area contributed by atoms with E-state index in [0.29, 0.717) is 22.4 Å². The molecule has 102 valence electrons. The van der Waals surface area contributed by atoms with E-state index in [1.54, 1.807) is 10.7 Å². The first-order valence-corrected chi connectivity index (χ1v) is 6.68. The van der Waals surface area contributed by atoms with Crippen molar-refractivity contribution in [2.24, 2.45) is 0 Å². The van der Waals surface area contributed by atoms with Crippen LogP contribution in [0.25, 0.3) is 0 Å². The van der Waals surface area contributed by atoms with Crippen LogP contribution in [0.1, 0.15) is 32.0 Å². The first kappa shape index (κ1) is 14.2. The van der Waals surface area contributed by atoms with E-state index in [4.69, 9.17) is 28.9 Å². The fourth-order valence-corrected chi connectivity index (χ4v) is 2.42. The molecule has 0 unspecified atom stereocenters. The van der Waals surface area contributed by atoms with Gasteiger partial charge in [-0.2, -0.15) is 0 Å². The van der Waals surface area contributed by atoms with Gasteiger partial charge >= 0.3 is 0 Å². The van der Waals surface area contributed by atoms with E-state index < -0.39 is 0 Å². The minimum absolute atomic E-state index is 0.140. The number of nitrogens with zero attached hydrogens (tertiary/aromatic N) is 3. The van der Waals surface area contributed by atoms with E-state index in [9.17, 15) is 0 Å². The van der Waals surface area contributed by atoms with Crippen molar-refractivity contribution in [1.82, 2.24) is 15.0 Å². The molecule has 0 radical (unpaired) electrons. The van der Waals surface area contributed by atoms with Crippen LogP contribution in [0.3, 0.4) is 0 Å². The predicted molar refractivity (Wildman–Crippen MR) is 78.7 cm³/mol. The molecule has 0 aliphatic carbocycles. The third kappa shape index (κ3) is 2.85. The van der Waals surface area contributed by atoms with Gasteiger partial charge in [0.25, 0.3) is 0 Å². The minimum atomic E-state index is -0.140. The van der Waals surface area contributed by atoms with Gasteiger partial charge in [-0.05, 0) is 11.6 Å². The molecule has 0 amide bonds. The second-order valence-electron chi connectivity index (χ2n) is 5.44. The Hall–Kier alpha value is -1.26. The Morgan fingerprint density at radius 1 is 1.26 bits per heavy atom. The zero-order valence-corrected chi connectivity index (χ0v) is 12.6. The topological polar surface area (TPSA) is 56.7 Å². The van der Waals surface area contributed by atoms with E-state index in [-0.39, 0.29) is 5.41 Å². The summed E-state index contributed by atoms with van der Waals surface area (Å²) < 4.78 is 1.77. The maximum Gasteiger partial charge on any atom is 0.169 e. The van der Waals surface area contributed by atoms with Crippen LogP contribution >= 0.6 is 23.2 Å². The van der Waals surface area contributed by atoms with Crippen molar-refractivity contribution in [2.45, 2.75) is 32.7 Å². The molecule has 2 rings (SSSR count). The molecule has 6 heteroatoms. The maximum absolute atomic E-state index is 6.19. The molecule has 0 bridgehead atoms. The summed E-state index contributed by atoms with van der Waals surface area (Å²) in [6.45, 7) is 6.70. The number of nitrogens with two attached hydrogens (primary N) is 1. The molecule has 1 aromatic carbocycles. The van der Waals surface area contributed by atoms with Crippen LogP contribution in [-0.2, 0) is 12.0 Å². The van der Waals surface area contributed by atoms with E-state index in [1.807, 2.05) is 12.1 Å². The Balaban J connectivity index is 2.42. The van der Waals surface area contributed by atoms with Crippen LogP contribution in [0.5, 0.6) is 0 Å². The zero-order chi connectivity index (χ0) is 14.2. The standard InChI is InChI=1S/C13H16Cl2N4/c1-13(2,3)11-12(16)17-18-19(11)7-8-5-4-6-9(14)10(8)15/h4-6H,7,16H2,1-3H3. The largest absolute Gasteiger partial charge is 0.381 e. The van der Waals surface area contributed by atoms with E-state index in [2.05, 4.69) is 31.1 Å². The SMILES string of the molecule is CC(C)(C)c1c(N)nnn1Cc1cccc(Cl)c1Cl. The highest BCUT2D eigenvalue weighted by Gasteiger charge is 2.24. The van der Waals surface area contributed by atoms with Crippen LogP contribution in [0, 0.1) is 0 Å². The number of halogens is 2. The number of anilines is 1. The predicted octanol–water partition coefficient (Wildman–Crippen LogP) is 3.51. The number of aromatic nitrogens is 3. The van der Waals surface area contributed by atoms with Crippen LogP contribution in [0.4, 0.5) is 5.82 Å². The molecule has 0 fully saturated rings. The smallest absolute Gasteiger partial charge is 0.169 e. The molecule has 0 saturated heterocycles. The summed E-state index contributed by atoms with van der Waals surface area (Å²) in [6.07, 6.45) is 0. The number of hydrogen-bond donors (Lipinski definition) is 1. The monoisotopic (exact) mass is 298 g/mol. The molecule has 1 heterocycles. The summed E-state index contributed by atoms with van der Waals surface area (Å²) in [6, 6.07) is 5.53. The van der Waals surface area contributed by atoms with Crippen molar-refractivity contribution < 1.29 is 0 Å². The average molecular weight is 299 g/mol. The summed E-state index contributed by atoms with van der Waals surface area (Å²) in [5.41, 5.74) is 7.54. The third-order valence-corrected chi connectivity index (χ3v) is 3.68. The number of rotatable bonds is 2. The van der Waals surface area contributed by atoms with Gasteiger partial charge in [-0.1, -0.05) is 61.3 Å². The van der Waals surface area contributed by atoms with Gasteiger partial charge in [0.2, 0.25) is 0 Å². The highest BCUT2D eigenvalue weighted by Crippen LogP contribution is 2.29. The van der Waals surface area contributed by atoms with Gasteiger partial charge in [0, 0.05) is 5.41 Å². The molecule has 2 aromatic rings. The molecule has 0 aliphatic rings. The molecular formula is C13H16Cl2N4. The van der Waals surface area contributed by atoms with Crippen molar-refractivity contribution in [1.29, 1.82) is 0 Å². The molecule has 19 heavy (non-hydrogen) atoms. The van der Waals surface area contributed by atoms with Gasteiger partial charge in [-0.3, -0.25) is 0 Å². The molecular weight excluding hydrogens is 283 g/mol. The quantitative estimate of drug-likeness (QED) is 0.923. The molecule has 1 aromatic heterocycles. The molecule has 0 spiro atoms. The summed E-state index contributed by atoms with van der Waals surface area (Å²) in [5, 5.41) is 9.11. The Bertz CT molecular complexity index is 599. The van der Waals surface area contributed by atoms with Crippen molar-refractivity contribution in [3.05, 3.63) is 39.5 Å². The Labute approximate surface area is 122 Å². The number of hydrogen-bond acceptors (Lipinski definition) is 3. The third-order valence-electron chi connectivity index (χ3n) is 2.82. The molecule has 0 aliphatic heterocycles. The van der Waals surface area contributed by atoms with Crippen molar-refractivity contribution in [2.75, 3.05) is 5.73 Å². The average Bonchev–Trinajstić information content (AvgIpc) is 2.66. The first-order chi connectivity index (χ1) is 8.80. The molecule has 2 N–H and O–H groups in total. The van der Waals surface area contributed by atoms with Gasteiger partial charge in [0.1, 0.15) is 0 Å². The van der Waals surface area contributed by atoms with Crippen LogP contribution in [-0.4, -0.2) is 15.0 Å². The zero-order valence-electron chi connectivity index (χ0n) is 11.1. The Morgan fingerprint density at radius 3 is 2.58 bits per heavy atom. The van der Waals surface area contributed by atoms with Crippen LogP contribution < -0.4 is 5.73 Å². The fraction of sp³-hybridized carbons (Fsp3) is 0.385. The lowest BCUT2D eigenvalue weighted by molar-refractivity contribution is 0.503. The summed E-state index contributed by atoms with van der Waals surface area (Å²) >= 11 is 12.2. The van der Waals surface area contributed by atoms with E-state index in [0.717, 1.165) is 11.3 Å². The van der Waals surface area contributed by atoms with Crippen LogP contribution in [0.15, 0.2) is 18.2 Å². The summed E-state index contributed by atoms with van der Waals surface area (Å²) in [7, 11) is 0. The van der Waals surface area contributed by atoms with Gasteiger partial charge in [-0.15, -0.1) is 5.10 Å².